The fourth-order valence-electron chi connectivity index (χ4n) is 1.26. The maximum Gasteiger partial charge on any atom is 0.132 e. The van der Waals surface area contributed by atoms with Gasteiger partial charge < -0.3 is 10.8 Å². The lowest BCUT2D eigenvalue weighted by Gasteiger charge is -2.16. The van der Waals surface area contributed by atoms with E-state index in [1.54, 1.807) is 6.92 Å². The fourth-order valence-corrected chi connectivity index (χ4v) is 1.26. The van der Waals surface area contributed by atoms with E-state index in [-0.39, 0.29) is 5.56 Å². The second kappa shape index (κ2) is 4.02. The average Bonchev–Trinajstić information content (AvgIpc) is 2.01. The Hall–Kier alpha value is -1.00. The van der Waals surface area contributed by atoms with Crippen molar-refractivity contribution in [2.24, 2.45) is 5.73 Å². The zero-order valence-electron chi connectivity index (χ0n) is 8.09. The van der Waals surface area contributed by atoms with E-state index >= 15 is 0 Å². The molecular weight excluding hydrogens is 188 g/mol. The number of rotatable bonds is 2. The summed E-state index contributed by atoms with van der Waals surface area (Å²) in [7, 11) is 0. The smallest absolute Gasteiger partial charge is 0.132 e. The zero-order valence-corrected chi connectivity index (χ0v) is 8.09. The van der Waals surface area contributed by atoms with E-state index in [1.165, 1.54) is 19.1 Å². The molecule has 2 unspecified atom stereocenters. The van der Waals surface area contributed by atoms with Crippen LogP contribution in [0.25, 0.3) is 0 Å². The van der Waals surface area contributed by atoms with Crippen LogP contribution in [0, 0.1) is 18.6 Å². The number of nitrogens with two attached hydrogens (primary N) is 1. The van der Waals surface area contributed by atoms with Gasteiger partial charge in [0.25, 0.3) is 0 Å². The molecule has 1 aromatic rings. The fraction of sp³-hybridized carbons (Fsp3) is 0.400. The number of hydrogen-bond donors (Lipinski definition) is 2. The minimum absolute atomic E-state index is 0.356. The average molecular weight is 201 g/mol. The van der Waals surface area contributed by atoms with E-state index in [0.717, 1.165) is 0 Å². The van der Waals surface area contributed by atoms with Gasteiger partial charge in [0.1, 0.15) is 11.6 Å². The summed E-state index contributed by atoms with van der Waals surface area (Å²) in [5, 5.41) is 9.45. The summed E-state index contributed by atoms with van der Waals surface area (Å²) >= 11 is 0. The monoisotopic (exact) mass is 201 g/mol. The van der Waals surface area contributed by atoms with Gasteiger partial charge in [0.05, 0.1) is 11.7 Å². The quantitative estimate of drug-likeness (QED) is 0.764. The molecule has 14 heavy (non-hydrogen) atoms. The van der Waals surface area contributed by atoms with E-state index in [0.29, 0.717) is 5.56 Å². The van der Waals surface area contributed by atoms with Crippen molar-refractivity contribution >= 4 is 0 Å². The number of aryl methyl sites for hydroxylation is 1. The second-order valence-electron chi connectivity index (χ2n) is 3.45. The first-order chi connectivity index (χ1) is 6.43. The van der Waals surface area contributed by atoms with E-state index < -0.39 is 23.8 Å². The van der Waals surface area contributed by atoms with Crippen LogP contribution in [0.15, 0.2) is 12.1 Å². The summed E-state index contributed by atoms with van der Waals surface area (Å²) in [5.74, 6) is -1.51. The van der Waals surface area contributed by atoms with Crippen molar-refractivity contribution in [3.05, 3.63) is 34.9 Å². The molecule has 1 aromatic carbocycles. The minimum atomic E-state index is -1.31. The number of aliphatic hydroxyl groups is 1. The van der Waals surface area contributed by atoms with E-state index in [1.807, 2.05) is 0 Å². The van der Waals surface area contributed by atoms with Gasteiger partial charge in [0, 0.05) is 6.04 Å². The molecule has 0 saturated carbocycles. The first kappa shape index (κ1) is 11.1. The normalized spacial score (nSPS) is 15.3. The Morgan fingerprint density at radius 1 is 1.29 bits per heavy atom. The molecular formula is C10H13F2NO. The van der Waals surface area contributed by atoms with Crippen molar-refractivity contribution in [3.8, 4) is 0 Å². The summed E-state index contributed by atoms with van der Waals surface area (Å²) in [4.78, 5) is 0. The lowest BCUT2D eigenvalue weighted by Crippen LogP contribution is -2.26. The molecule has 2 nitrogen and oxygen atoms in total. The van der Waals surface area contributed by atoms with Crippen LogP contribution >= 0.6 is 0 Å². The van der Waals surface area contributed by atoms with Crippen LogP contribution in [0.5, 0.6) is 0 Å². The lowest BCUT2D eigenvalue weighted by atomic mass is 10.0. The highest BCUT2D eigenvalue weighted by Gasteiger charge is 2.21. The molecule has 4 heteroatoms. The third kappa shape index (κ3) is 2.08. The van der Waals surface area contributed by atoms with Crippen LogP contribution in [0.4, 0.5) is 8.78 Å². The van der Waals surface area contributed by atoms with Crippen LogP contribution in [0.1, 0.15) is 24.2 Å². The predicted octanol–water partition coefficient (Wildman–Crippen LogP) is 1.65. The molecule has 1 rings (SSSR count). The van der Waals surface area contributed by atoms with E-state index in [4.69, 9.17) is 5.73 Å². The molecule has 0 saturated heterocycles. The molecule has 0 aliphatic carbocycles. The van der Waals surface area contributed by atoms with Gasteiger partial charge in [-0.05, 0) is 31.5 Å². The van der Waals surface area contributed by atoms with E-state index in [2.05, 4.69) is 0 Å². The highest BCUT2D eigenvalue weighted by molar-refractivity contribution is 5.27. The molecule has 0 bridgehead atoms. The van der Waals surface area contributed by atoms with Gasteiger partial charge >= 0.3 is 0 Å². The third-order valence-corrected chi connectivity index (χ3v) is 2.02. The largest absolute Gasteiger partial charge is 0.387 e. The second-order valence-corrected chi connectivity index (χ2v) is 3.45. The van der Waals surface area contributed by atoms with Crippen molar-refractivity contribution < 1.29 is 13.9 Å². The van der Waals surface area contributed by atoms with Crippen molar-refractivity contribution in [2.45, 2.75) is 26.0 Å². The van der Waals surface area contributed by atoms with Gasteiger partial charge in [0.2, 0.25) is 0 Å². The Bertz CT molecular complexity index is 316. The van der Waals surface area contributed by atoms with Crippen LogP contribution < -0.4 is 5.73 Å². The van der Waals surface area contributed by atoms with Crippen molar-refractivity contribution in [1.29, 1.82) is 0 Å². The van der Waals surface area contributed by atoms with E-state index in [9.17, 15) is 13.9 Å². The van der Waals surface area contributed by atoms with Crippen LogP contribution in [0.2, 0.25) is 0 Å². The maximum atomic E-state index is 13.3. The molecule has 0 radical (unpaired) electrons. The predicted molar refractivity (Wildman–Crippen MR) is 49.7 cm³/mol. The number of aliphatic hydroxyl groups excluding tert-OH is 1. The van der Waals surface area contributed by atoms with Gasteiger partial charge in [-0.2, -0.15) is 0 Å². The lowest BCUT2D eigenvalue weighted by molar-refractivity contribution is 0.144. The molecule has 0 aliphatic rings. The molecule has 78 valence electrons. The van der Waals surface area contributed by atoms with Crippen LogP contribution in [-0.4, -0.2) is 11.1 Å². The first-order valence-electron chi connectivity index (χ1n) is 4.32. The van der Waals surface area contributed by atoms with Gasteiger partial charge in [-0.15, -0.1) is 0 Å². The number of halogens is 2. The number of benzene rings is 1. The summed E-state index contributed by atoms with van der Waals surface area (Å²) in [5.41, 5.74) is 5.48. The Morgan fingerprint density at radius 2 is 1.71 bits per heavy atom. The van der Waals surface area contributed by atoms with Crippen molar-refractivity contribution in [1.82, 2.24) is 0 Å². The summed E-state index contributed by atoms with van der Waals surface area (Å²) in [6, 6.07) is 1.63. The summed E-state index contributed by atoms with van der Waals surface area (Å²) in [6.45, 7) is 3.07. The minimum Gasteiger partial charge on any atom is -0.387 e. The molecule has 0 aromatic heterocycles. The molecule has 0 spiro atoms. The highest BCUT2D eigenvalue weighted by atomic mass is 19.1. The third-order valence-electron chi connectivity index (χ3n) is 2.02. The Morgan fingerprint density at radius 3 is 2.07 bits per heavy atom. The van der Waals surface area contributed by atoms with Crippen molar-refractivity contribution in [3.63, 3.8) is 0 Å². The Labute approximate surface area is 81.4 Å². The summed E-state index contributed by atoms with van der Waals surface area (Å²) < 4.78 is 26.5. The molecule has 0 aliphatic heterocycles. The van der Waals surface area contributed by atoms with Crippen molar-refractivity contribution in [2.75, 3.05) is 0 Å². The SMILES string of the molecule is Cc1cc(F)c(C(O)C(C)N)c(F)c1. The summed E-state index contributed by atoms with van der Waals surface area (Å²) in [6.07, 6.45) is -1.31. The topological polar surface area (TPSA) is 46.2 Å². The van der Waals surface area contributed by atoms with Gasteiger partial charge in [-0.3, -0.25) is 0 Å². The standard InChI is InChI=1S/C10H13F2NO/c1-5-3-7(11)9(8(12)4-5)10(14)6(2)13/h3-4,6,10,14H,13H2,1-2H3. The molecule has 0 fully saturated rings. The zero-order chi connectivity index (χ0) is 10.9. The molecule has 0 heterocycles. The van der Waals surface area contributed by atoms with Gasteiger partial charge in [-0.1, -0.05) is 0 Å². The first-order valence-corrected chi connectivity index (χ1v) is 4.32. The maximum absolute atomic E-state index is 13.3. The Balaban J connectivity index is 3.20. The Kier molecular flexibility index (Phi) is 3.18. The van der Waals surface area contributed by atoms with Crippen LogP contribution in [-0.2, 0) is 0 Å². The van der Waals surface area contributed by atoms with Gasteiger partial charge in [0.15, 0.2) is 0 Å². The highest BCUT2D eigenvalue weighted by Crippen LogP contribution is 2.23. The molecule has 3 N–H and O–H groups in total. The molecule has 0 amide bonds. The number of hydrogen-bond acceptors (Lipinski definition) is 2. The van der Waals surface area contributed by atoms with Gasteiger partial charge in [-0.25, -0.2) is 8.78 Å². The van der Waals surface area contributed by atoms with Crippen LogP contribution in [0.3, 0.4) is 0 Å². The molecule has 2 atom stereocenters.